The summed E-state index contributed by atoms with van der Waals surface area (Å²) in [5.41, 5.74) is 7.12. The molecule has 0 bridgehead atoms. The number of aliphatic imine (C=N–C) groups is 1. The van der Waals surface area contributed by atoms with Crippen LogP contribution < -0.4 is 15.3 Å². The fourth-order valence-corrected chi connectivity index (χ4v) is 5.75. The molecule has 1 unspecified atom stereocenters. The summed E-state index contributed by atoms with van der Waals surface area (Å²) in [6, 6.07) is 31.8. The van der Waals surface area contributed by atoms with Crippen molar-refractivity contribution in [2.24, 2.45) is 4.99 Å². The quantitative estimate of drug-likeness (QED) is 0.176. The lowest BCUT2D eigenvalue weighted by Gasteiger charge is -2.30. The average molecular weight is 522 g/mol. The monoisotopic (exact) mass is 521 g/mol. The SMILES string of the molecule is Cc1cccc(C=Nc2ccccc2)c1Pc1cc(C(C)(C)C)cc(C(C)(C)C)c1OCc1ccccc1. The molecule has 0 radical (unpaired) electrons. The largest absolute Gasteiger partial charge is 0.488 e. The normalized spacial score (nSPS) is 12.5. The van der Waals surface area contributed by atoms with Crippen LogP contribution in [0.2, 0.25) is 0 Å². The molecule has 4 aromatic rings. The van der Waals surface area contributed by atoms with Crippen molar-refractivity contribution in [3.63, 3.8) is 0 Å². The van der Waals surface area contributed by atoms with Gasteiger partial charge in [-0.15, -0.1) is 0 Å². The number of para-hydroxylation sites is 1. The molecule has 0 aromatic heterocycles. The molecule has 0 aliphatic carbocycles. The third kappa shape index (κ3) is 7.00. The zero-order valence-electron chi connectivity index (χ0n) is 23.8. The van der Waals surface area contributed by atoms with Gasteiger partial charge in [0.05, 0.1) is 5.69 Å². The molecule has 4 rings (SSSR count). The lowest BCUT2D eigenvalue weighted by molar-refractivity contribution is 0.300. The predicted molar refractivity (Wildman–Crippen MR) is 167 cm³/mol. The Kier molecular flexibility index (Phi) is 8.54. The van der Waals surface area contributed by atoms with Crippen LogP contribution in [0.3, 0.4) is 0 Å². The summed E-state index contributed by atoms with van der Waals surface area (Å²) in [6.07, 6.45) is 2.01. The van der Waals surface area contributed by atoms with E-state index in [2.05, 4.69) is 103 Å². The highest BCUT2D eigenvalue weighted by atomic mass is 31.1. The molecule has 4 aromatic carbocycles. The van der Waals surface area contributed by atoms with Gasteiger partial charge in [0.15, 0.2) is 0 Å². The van der Waals surface area contributed by atoms with Crippen molar-refractivity contribution in [3.8, 4) is 5.75 Å². The Bertz CT molecular complexity index is 1390. The lowest BCUT2D eigenvalue weighted by atomic mass is 9.80. The van der Waals surface area contributed by atoms with Crippen molar-refractivity contribution in [3.05, 3.63) is 119 Å². The maximum Gasteiger partial charge on any atom is 0.131 e. The molecule has 1 atom stereocenters. The van der Waals surface area contributed by atoms with Crippen LogP contribution in [0.25, 0.3) is 0 Å². The maximum atomic E-state index is 6.70. The number of nitrogens with zero attached hydrogens (tertiary/aromatic N) is 1. The topological polar surface area (TPSA) is 21.6 Å². The molecule has 38 heavy (non-hydrogen) atoms. The Labute approximate surface area is 231 Å². The number of aryl methyl sites for hydroxylation is 1. The number of ether oxygens (including phenoxy) is 1. The Morgan fingerprint density at radius 2 is 1.42 bits per heavy atom. The molecule has 0 heterocycles. The van der Waals surface area contributed by atoms with Crippen LogP contribution in [0, 0.1) is 6.92 Å². The summed E-state index contributed by atoms with van der Waals surface area (Å²) in [6.45, 7) is 16.5. The standard InChI is InChI=1S/C35H40NOP/c1-25-15-14-18-27(23-36-29-19-12-9-13-20-29)33(25)38-31-22-28(34(2,3)4)21-30(35(5,6)7)32(31)37-24-26-16-10-8-11-17-26/h8-23,38H,24H2,1-7H3. The molecule has 196 valence electrons. The molecule has 0 N–H and O–H groups in total. The molecule has 0 saturated carbocycles. The second-order valence-electron chi connectivity index (χ2n) is 11.9. The first kappa shape index (κ1) is 27.8. The van der Waals surface area contributed by atoms with Gasteiger partial charge in [-0.2, -0.15) is 0 Å². The summed E-state index contributed by atoms with van der Waals surface area (Å²) < 4.78 is 6.70. The first-order chi connectivity index (χ1) is 18.0. The van der Waals surface area contributed by atoms with E-state index in [-0.39, 0.29) is 10.8 Å². The zero-order chi connectivity index (χ0) is 27.3. The van der Waals surface area contributed by atoms with Crippen molar-refractivity contribution in [1.29, 1.82) is 0 Å². The van der Waals surface area contributed by atoms with E-state index >= 15 is 0 Å². The van der Waals surface area contributed by atoms with Crippen LogP contribution in [0.5, 0.6) is 5.75 Å². The van der Waals surface area contributed by atoms with Gasteiger partial charge in [-0.05, 0) is 57.9 Å². The van der Waals surface area contributed by atoms with Crippen LogP contribution >= 0.6 is 8.58 Å². The molecular weight excluding hydrogens is 481 g/mol. The van der Waals surface area contributed by atoms with Gasteiger partial charge >= 0.3 is 0 Å². The molecule has 0 aliphatic rings. The van der Waals surface area contributed by atoms with Crippen LogP contribution in [-0.2, 0) is 17.4 Å². The van der Waals surface area contributed by atoms with E-state index in [0.717, 1.165) is 17.0 Å². The second kappa shape index (κ2) is 11.7. The highest BCUT2D eigenvalue weighted by Gasteiger charge is 2.27. The maximum absolute atomic E-state index is 6.70. The van der Waals surface area contributed by atoms with E-state index in [4.69, 9.17) is 9.73 Å². The van der Waals surface area contributed by atoms with Gasteiger partial charge in [0.25, 0.3) is 0 Å². The minimum atomic E-state index is -0.0597. The Hall–Kier alpha value is -3.22. The van der Waals surface area contributed by atoms with Gasteiger partial charge in [-0.3, -0.25) is 4.99 Å². The number of hydrogen-bond donors (Lipinski definition) is 0. The summed E-state index contributed by atoms with van der Waals surface area (Å²) >= 11 is 0. The average Bonchev–Trinajstić information content (AvgIpc) is 2.88. The van der Waals surface area contributed by atoms with Crippen molar-refractivity contribution in [1.82, 2.24) is 0 Å². The van der Waals surface area contributed by atoms with Crippen molar-refractivity contribution in [2.45, 2.75) is 65.9 Å². The van der Waals surface area contributed by atoms with E-state index in [1.807, 2.05) is 42.6 Å². The fourth-order valence-electron chi connectivity index (χ4n) is 4.36. The zero-order valence-corrected chi connectivity index (χ0v) is 24.8. The molecule has 0 saturated heterocycles. The third-order valence-electron chi connectivity index (χ3n) is 6.66. The van der Waals surface area contributed by atoms with Gasteiger partial charge in [-0.1, -0.05) is 123 Å². The summed E-state index contributed by atoms with van der Waals surface area (Å²) in [4.78, 5) is 4.78. The minimum Gasteiger partial charge on any atom is -0.488 e. The fraction of sp³-hybridized carbons (Fsp3) is 0.286. The van der Waals surface area contributed by atoms with E-state index < -0.39 is 0 Å². The Morgan fingerprint density at radius 3 is 2.05 bits per heavy atom. The predicted octanol–water partition coefficient (Wildman–Crippen LogP) is 8.55. The van der Waals surface area contributed by atoms with Crippen LogP contribution in [-0.4, -0.2) is 6.21 Å². The molecule has 0 spiro atoms. The third-order valence-corrected chi connectivity index (χ3v) is 8.24. The van der Waals surface area contributed by atoms with Crippen molar-refractivity contribution in [2.75, 3.05) is 0 Å². The van der Waals surface area contributed by atoms with Crippen molar-refractivity contribution >= 4 is 31.1 Å². The summed E-state index contributed by atoms with van der Waals surface area (Å²) in [7, 11) is 0.443. The first-order valence-corrected chi connectivity index (χ1v) is 14.3. The molecule has 0 aliphatic heterocycles. The van der Waals surface area contributed by atoms with Crippen LogP contribution in [0.1, 0.15) is 69.4 Å². The highest BCUT2D eigenvalue weighted by Crippen LogP contribution is 2.38. The lowest BCUT2D eigenvalue weighted by Crippen LogP contribution is -2.24. The van der Waals surface area contributed by atoms with E-state index in [0.29, 0.717) is 15.2 Å². The van der Waals surface area contributed by atoms with Gasteiger partial charge < -0.3 is 4.74 Å². The second-order valence-corrected chi connectivity index (χ2v) is 13.2. The molecule has 0 fully saturated rings. The van der Waals surface area contributed by atoms with Gasteiger partial charge in [0, 0.05) is 22.6 Å². The van der Waals surface area contributed by atoms with Gasteiger partial charge in [-0.25, -0.2) is 0 Å². The van der Waals surface area contributed by atoms with E-state index in [9.17, 15) is 0 Å². The van der Waals surface area contributed by atoms with Crippen molar-refractivity contribution < 1.29 is 4.74 Å². The van der Waals surface area contributed by atoms with Gasteiger partial charge in [0.1, 0.15) is 12.4 Å². The van der Waals surface area contributed by atoms with Crippen LogP contribution in [0.15, 0.2) is 96.0 Å². The Balaban J connectivity index is 1.83. The number of hydrogen-bond acceptors (Lipinski definition) is 2. The summed E-state index contributed by atoms with van der Waals surface area (Å²) in [5, 5.41) is 2.56. The van der Waals surface area contributed by atoms with E-state index in [1.165, 1.54) is 32.9 Å². The first-order valence-electron chi connectivity index (χ1n) is 13.3. The minimum absolute atomic E-state index is 0.0283. The molecule has 2 nitrogen and oxygen atoms in total. The van der Waals surface area contributed by atoms with E-state index in [1.54, 1.807) is 0 Å². The molecule has 0 amide bonds. The molecule has 3 heteroatoms. The number of benzene rings is 4. The Morgan fingerprint density at radius 1 is 0.763 bits per heavy atom. The number of rotatable bonds is 7. The smallest absolute Gasteiger partial charge is 0.131 e. The highest BCUT2D eigenvalue weighted by molar-refractivity contribution is 7.56. The van der Waals surface area contributed by atoms with Gasteiger partial charge in [0.2, 0.25) is 0 Å². The summed E-state index contributed by atoms with van der Waals surface area (Å²) in [5.74, 6) is 1.02. The molecular formula is C35H40NOP. The van der Waals surface area contributed by atoms with Crippen LogP contribution in [0.4, 0.5) is 5.69 Å².